The average Bonchev–Trinajstić information content (AvgIpc) is 2.37. The molecule has 1 aromatic rings. The highest BCUT2D eigenvalue weighted by Crippen LogP contribution is 2.23. The van der Waals surface area contributed by atoms with Gasteiger partial charge in [-0.15, -0.1) is 0 Å². The van der Waals surface area contributed by atoms with Gasteiger partial charge in [0.25, 0.3) is 0 Å². The van der Waals surface area contributed by atoms with Crippen molar-refractivity contribution in [3.8, 4) is 5.75 Å². The van der Waals surface area contributed by atoms with Crippen molar-refractivity contribution in [2.75, 3.05) is 18.5 Å². The third-order valence-electron chi connectivity index (χ3n) is 2.88. The van der Waals surface area contributed by atoms with Crippen LogP contribution in [0.4, 0.5) is 5.69 Å². The van der Waals surface area contributed by atoms with Gasteiger partial charge in [-0.25, -0.2) is 0 Å². The molecule has 0 bridgehead atoms. The maximum atomic E-state index is 9.29. The molecule has 3 heteroatoms. The summed E-state index contributed by atoms with van der Waals surface area (Å²) >= 11 is 0. The van der Waals surface area contributed by atoms with Gasteiger partial charge in [0.05, 0.1) is 13.2 Å². The number of ether oxygens (including phenoxy) is 1. The molecule has 1 atom stereocenters. The normalized spacial score (nSPS) is 12.2. The quantitative estimate of drug-likeness (QED) is 0.766. The second-order valence-electron chi connectivity index (χ2n) is 4.31. The zero-order chi connectivity index (χ0) is 12.7. The highest BCUT2D eigenvalue weighted by Gasteiger charge is 2.04. The Hall–Kier alpha value is -1.22. The maximum Gasteiger partial charge on any atom is 0.124 e. The lowest BCUT2D eigenvalue weighted by Crippen LogP contribution is -2.10. The van der Waals surface area contributed by atoms with Gasteiger partial charge in [-0.3, -0.25) is 0 Å². The van der Waals surface area contributed by atoms with Gasteiger partial charge in [0, 0.05) is 17.8 Å². The zero-order valence-electron chi connectivity index (χ0n) is 11.0. The van der Waals surface area contributed by atoms with Gasteiger partial charge in [0.2, 0.25) is 0 Å². The molecule has 1 unspecified atom stereocenters. The van der Waals surface area contributed by atoms with Crippen molar-refractivity contribution in [3.05, 3.63) is 23.8 Å². The number of aliphatic hydroxyl groups is 1. The first-order chi connectivity index (χ1) is 8.21. The molecular formula is C14H23NO2. The fourth-order valence-electron chi connectivity index (χ4n) is 1.55. The standard InChI is InChI=1S/C14H23NO2/c1-4-11(3)9-15-13-6-7-14(17-5-2)12(8-13)10-16/h6-8,11,15-16H,4-5,9-10H2,1-3H3. The summed E-state index contributed by atoms with van der Waals surface area (Å²) in [6.45, 7) is 7.92. The summed E-state index contributed by atoms with van der Waals surface area (Å²) in [5.74, 6) is 1.42. The van der Waals surface area contributed by atoms with Gasteiger partial charge in [-0.05, 0) is 31.0 Å². The number of aliphatic hydroxyl groups excluding tert-OH is 1. The number of nitrogens with one attached hydrogen (secondary N) is 1. The third kappa shape index (κ3) is 4.27. The Labute approximate surface area is 104 Å². The Morgan fingerprint density at radius 1 is 1.35 bits per heavy atom. The highest BCUT2D eigenvalue weighted by molar-refractivity contribution is 5.51. The van der Waals surface area contributed by atoms with Crippen LogP contribution in [0.3, 0.4) is 0 Å². The SMILES string of the molecule is CCOc1ccc(NCC(C)CC)cc1CO. The van der Waals surface area contributed by atoms with Crippen molar-refractivity contribution >= 4 is 5.69 Å². The minimum absolute atomic E-state index is 0.00812. The van der Waals surface area contributed by atoms with Crippen LogP contribution in [0.5, 0.6) is 5.75 Å². The molecule has 0 radical (unpaired) electrons. The van der Waals surface area contributed by atoms with Crippen LogP contribution in [0.1, 0.15) is 32.8 Å². The van der Waals surface area contributed by atoms with E-state index in [9.17, 15) is 5.11 Å². The van der Waals surface area contributed by atoms with Crippen molar-refractivity contribution in [2.45, 2.75) is 33.8 Å². The van der Waals surface area contributed by atoms with E-state index in [4.69, 9.17) is 4.74 Å². The molecular weight excluding hydrogens is 214 g/mol. The van der Waals surface area contributed by atoms with Gasteiger partial charge in [-0.1, -0.05) is 20.3 Å². The zero-order valence-corrected chi connectivity index (χ0v) is 11.0. The largest absolute Gasteiger partial charge is 0.494 e. The van der Waals surface area contributed by atoms with Crippen LogP contribution in [-0.4, -0.2) is 18.3 Å². The Morgan fingerprint density at radius 3 is 2.71 bits per heavy atom. The van der Waals surface area contributed by atoms with Crippen molar-refractivity contribution in [3.63, 3.8) is 0 Å². The Balaban J connectivity index is 2.68. The first kappa shape index (κ1) is 13.8. The van der Waals surface area contributed by atoms with E-state index in [0.29, 0.717) is 12.5 Å². The van der Waals surface area contributed by atoms with Gasteiger partial charge in [-0.2, -0.15) is 0 Å². The van der Waals surface area contributed by atoms with Crippen LogP contribution in [0.15, 0.2) is 18.2 Å². The fraction of sp³-hybridized carbons (Fsp3) is 0.571. The van der Waals surface area contributed by atoms with Crippen molar-refractivity contribution in [2.24, 2.45) is 5.92 Å². The van der Waals surface area contributed by atoms with Crippen molar-refractivity contribution < 1.29 is 9.84 Å². The smallest absolute Gasteiger partial charge is 0.124 e. The minimum Gasteiger partial charge on any atom is -0.494 e. The number of hydrogen-bond donors (Lipinski definition) is 2. The predicted octanol–water partition coefficient (Wildman–Crippen LogP) is 3.04. The minimum atomic E-state index is 0.00812. The summed E-state index contributed by atoms with van der Waals surface area (Å²) in [6.07, 6.45) is 1.16. The summed E-state index contributed by atoms with van der Waals surface area (Å²) in [7, 11) is 0. The van der Waals surface area contributed by atoms with E-state index in [-0.39, 0.29) is 6.61 Å². The molecule has 0 aliphatic rings. The van der Waals surface area contributed by atoms with E-state index in [1.807, 2.05) is 25.1 Å². The Bertz CT molecular complexity index is 339. The van der Waals surface area contributed by atoms with Crippen LogP contribution in [0, 0.1) is 5.92 Å². The molecule has 0 saturated heterocycles. The van der Waals surface area contributed by atoms with E-state index < -0.39 is 0 Å². The molecule has 3 nitrogen and oxygen atoms in total. The monoisotopic (exact) mass is 237 g/mol. The lowest BCUT2D eigenvalue weighted by Gasteiger charge is -2.14. The summed E-state index contributed by atoms with van der Waals surface area (Å²) < 4.78 is 5.44. The second kappa shape index (κ2) is 7.17. The van der Waals surface area contributed by atoms with Crippen molar-refractivity contribution in [1.82, 2.24) is 0 Å². The molecule has 0 amide bonds. The lowest BCUT2D eigenvalue weighted by atomic mass is 10.1. The number of benzene rings is 1. The molecule has 1 rings (SSSR count). The van der Waals surface area contributed by atoms with Crippen molar-refractivity contribution in [1.29, 1.82) is 0 Å². The molecule has 0 aromatic heterocycles. The number of rotatable bonds is 7. The van der Waals surface area contributed by atoms with Crippen LogP contribution in [0.2, 0.25) is 0 Å². The van der Waals surface area contributed by atoms with E-state index in [0.717, 1.165) is 30.0 Å². The predicted molar refractivity (Wildman–Crippen MR) is 71.5 cm³/mol. The summed E-state index contributed by atoms with van der Waals surface area (Å²) in [6, 6.07) is 5.86. The van der Waals surface area contributed by atoms with Gasteiger partial charge in [0.15, 0.2) is 0 Å². The maximum absolute atomic E-state index is 9.29. The second-order valence-corrected chi connectivity index (χ2v) is 4.31. The average molecular weight is 237 g/mol. The number of hydrogen-bond acceptors (Lipinski definition) is 3. The molecule has 2 N–H and O–H groups in total. The third-order valence-corrected chi connectivity index (χ3v) is 2.88. The van der Waals surface area contributed by atoms with E-state index >= 15 is 0 Å². The molecule has 96 valence electrons. The highest BCUT2D eigenvalue weighted by atomic mass is 16.5. The lowest BCUT2D eigenvalue weighted by molar-refractivity contribution is 0.267. The molecule has 0 aliphatic heterocycles. The molecule has 0 fully saturated rings. The molecule has 0 aliphatic carbocycles. The molecule has 17 heavy (non-hydrogen) atoms. The van der Waals surface area contributed by atoms with Gasteiger partial charge >= 0.3 is 0 Å². The fourth-order valence-corrected chi connectivity index (χ4v) is 1.55. The molecule has 1 aromatic carbocycles. The summed E-state index contributed by atoms with van der Waals surface area (Å²) in [4.78, 5) is 0. The Morgan fingerprint density at radius 2 is 2.12 bits per heavy atom. The first-order valence-electron chi connectivity index (χ1n) is 6.31. The molecule has 0 saturated carbocycles. The van der Waals surface area contributed by atoms with Crippen LogP contribution in [0.25, 0.3) is 0 Å². The van der Waals surface area contributed by atoms with Crippen LogP contribution >= 0.6 is 0 Å². The topological polar surface area (TPSA) is 41.5 Å². The number of anilines is 1. The molecule has 0 spiro atoms. The Kier molecular flexibility index (Phi) is 5.84. The summed E-state index contributed by atoms with van der Waals surface area (Å²) in [5.41, 5.74) is 1.87. The van der Waals surface area contributed by atoms with Crippen LogP contribution in [-0.2, 0) is 6.61 Å². The molecule has 0 heterocycles. The van der Waals surface area contributed by atoms with Crippen LogP contribution < -0.4 is 10.1 Å². The van der Waals surface area contributed by atoms with Gasteiger partial charge in [0.1, 0.15) is 5.75 Å². The summed E-state index contributed by atoms with van der Waals surface area (Å²) in [5, 5.41) is 12.7. The first-order valence-corrected chi connectivity index (χ1v) is 6.31. The van der Waals surface area contributed by atoms with E-state index in [1.165, 1.54) is 0 Å². The van der Waals surface area contributed by atoms with E-state index in [2.05, 4.69) is 19.2 Å². The van der Waals surface area contributed by atoms with E-state index in [1.54, 1.807) is 0 Å². The van der Waals surface area contributed by atoms with Gasteiger partial charge < -0.3 is 15.2 Å².